The highest BCUT2D eigenvalue weighted by atomic mass is 16.5. The van der Waals surface area contributed by atoms with Gasteiger partial charge in [0.1, 0.15) is 17.9 Å². The zero-order valence-electron chi connectivity index (χ0n) is 21.7. The minimum absolute atomic E-state index is 0.00115. The van der Waals surface area contributed by atoms with Crippen LogP contribution in [0, 0.1) is 0 Å². The molecule has 0 aromatic heterocycles. The highest BCUT2D eigenvalue weighted by Gasteiger charge is 2.39. The van der Waals surface area contributed by atoms with Crippen LogP contribution >= 0.6 is 0 Å². The summed E-state index contributed by atoms with van der Waals surface area (Å²) in [5, 5.41) is 2.36. The molecule has 0 bridgehead atoms. The normalized spacial score (nSPS) is 24.4. The summed E-state index contributed by atoms with van der Waals surface area (Å²) in [6.07, 6.45) is 1.64. The van der Waals surface area contributed by atoms with E-state index in [9.17, 15) is 14.4 Å². The zero-order valence-corrected chi connectivity index (χ0v) is 21.7. The van der Waals surface area contributed by atoms with Crippen LogP contribution in [-0.2, 0) is 22.7 Å². The molecule has 0 saturated carbocycles. The Morgan fingerprint density at radius 1 is 1.03 bits per heavy atom. The smallest absolute Gasteiger partial charge is 0.255 e. The van der Waals surface area contributed by atoms with Gasteiger partial charge in [0.15, 0.2) is 0 Å². The maximum atomic E-state index is 13.1. The van der Waals surface area contributed by atoms with Crippen molar-refractivity contribution in [1.82, 2.24) is 20.0 Å². The van der Waals surface area contributed by atoms with Crippen molar-refractivity contribution in [3.05, 3.63) is 65.2 Å². The first-order chi connectivity index (χ1) is 18.0. The van der Waals surface area contributed by atoms with E-state index >= 15 is 0 Å². The van der Waals surface area contributed by atoms with Crippen LogP contribution in [0.2, 0.25) is 0 Å². The predicted molar refractivity (Wildman–Crippen MR) is 140 cm³/mol. The Labute approximate surface area is 218 Å². The molecule has 37 heavy (non-hydrogen) atoms. The fourth-order valence-corrected chi connectivity index (χ4v) is 5.98. The molecule has 2 aromatic rings. The first-order valence-electron chi connectivity index (χ1n) is 13.4. The summed E-state index contributed by atoms with van der Waals surface area (Å²) in [5.74, 6) is -0.0848. The minimum atomic E-state index is -0.612. The number of likely N-dealkylation sites (tertiary alicyclic amines) is 1. The summed E-state index contributed by atoms with van der Waals surface area (Å²) >= 11 is 0. The number of nitrogens with zero attached hydrogens (tertiary/aromatic N) is 3. The van der Waals surface area contributed by atoms with Crippen LogP contribution in [0.15, 0.2) is 48.5 Å². The van der Waals surface area contributed by atoms with Crippen LogP contribution in [0.5, 0.6) is 5.75 Å². The number of imide groups is 1. The van der Waals surface area contributed by atoms with E-state index in [-0.39, 0.29) is 24.3 Å². The number of fused-ring (bicyclic) bond motifs is 1. The maximum Gasteiger partial charge on any atom is 0.255 e. The second kappa shape index (κ2) is 11.0. The zero-order chi connectivity index (χ0) is 25.9. The van der Waals surface area contributed by atoms with Crippen molar-refractivity contribution in [2.45, 2.75) is 64.4 Å². The van der Waals surface area contributed by atoms with Crippen molar-refractivity contribution in [1.29, 1.82) is 0 Å². The third-order valence-corrected chi connectivity index (χ3v) is 7.92. The molecule has 0 spiro atoms. The fourth-order valence-electron chi connectivity index (χ4n) is 5.98. The molecule has 5 rings (SSSR count). The van der Waals surface area contributed by atoms with Crippen LogP contribution in [0.1, 0.15) is 54.6 Å². The lowest BCUT2D eigenvalue weighted by molar-refractivity contribution is -0.136. The standard InChI is InChI=1S/C29H36N4O4/c1-3-32(4-2)24-14-15-31(17-20-8-6-5-7-9-20)19-26(24)37-22-10-11-23-21(16-22)18-33(29(23)36)25-12-13-27(34)30-28(25)35/h5-11,16,24-26H,3-4,12-15,17-19H2,1-2H3,(H,30,34,35)/t24-,25?,26-/m0/s1. The molecule has 8 heteroatoms. The van der Waals surface area contributed by atoms with Gasteiger partial charge in [-0.05, 0) is 55.3 Å². The molecule has 3 heterocycles. The van der Waals surface area contributed by atoms with Crippen molar-refractivity contribution >= 4 is 17.7 Å². The maximum absolute atomic E-state index is 13.1. The van der Waals surface area contributed by atoms with Crippen LogP contribution in [0.3, 0.4) is 0 Å². The number of benzene rings is 2. The summed E-state index contributed by atoms with van der Waals surface area (Å²) in [6, 6.07) is 15.9. The third-order valence-electron chi connectivity index (χ3n) is 7.92. The number of hydrogen-bond donors (Lipinski definition) is 1. The van der Waals surface area contributed by atoms with Gasteiger partial charge in [-0.25, -0.2) is 0 Å². The van der Waals surface area contributed by atoms with Gasteiger partial charge in [0, 0.05) is 44.2 Å². The molecule has 1 N–H and O–H groups in total. The summed E-state index contributed by atoms with van der Waals surface area (Å²) in [4.78, 5) is 43.5. The number of piperidine rings is 2. The van der Waals surface area contributed by atoms with E-state index < -0.39 is 11.9 Å². The van der Waals surface area contributed by atoms with E-state index in [4.69, 9.17) is 4.74 Å². The Balaban J connectivity index is 1.32. The second-order valence-electron chi connectivity index (χ2n) is 10.2. The van der Waals surface area contributed by atoms with Crippen LogP contribution in [0.4, 0.5) is 0 Å². The van der Waals surface area contributed by atoms with Gasteiger partial charge in [0.2, 0.25) is 11.8 Å². The average Bonchev–Trinajstić information content (AvgIpc) is 3.22. The molecule has 2 saturated heterocycles. The van der Waals surface area contributed by atoms with Crippen molar-refractivity contribution in [3.8, 4) is 5.75 Å². The van der Waals surface area contributed by atoms with Crippen LogP contribution in [-0.4, -0.2) is 76.8 Å². The Hall–Kier alpha value is -3.23. The van der Waals surface area contributed by atoms with Gasteiger partial charge in [-0.15, -0.1) is 0 Å². The quantitative estimate of drug-likeness (QED) is 0.557. The molecular weight excluding hydrogens is 468 g/mol. The lowest BCUT2D eigenvalue weighted by Gasteiger charge is -2.43. The van der Waals surface area contributed by atoms with Crippen molar-refractivity contribution in [3.63, 3.8) is 0 Å². The monoisotopic (exact) mass is 504 g/mol. The second-order valence-corrected chi connectivity index (χ2v) is 10.2. The largest absolute Gasteiger partial charge is 0.487 e. The number of nitrogens with one attached hydrogen (secondary N) is 1. The van der Waals surface area contributed by atoms with Crippen molar-refractivity contribution in [2.75, 3.05) is 26.2 Å². The number of likely N-dealkylation sites (N-methyl/N-ethyl adjacent to an activating group) is 1. The molecule has 196 valence electrons. The highest BCUT2D eigenvalue weighted by molar-refractivity contribution is 6.05. The molecule has 0 radical (unpaired) electrons. The molecule has 2 aromatic carbocycles. The average molecular weight is 505 g/mol. The first-order valence-corrected chi connectivity index (χ1v) is 13.4. The van der Waals surface area contributed by atoms with E-state index in [1.54, 1.807) is 4.90 Å². The Morgan fingerprint density at radius 2 is 1.81 bits per heavy atom. The third kappa shape index (κ3) is 5.40. The molecule has 3 amide bonds. The van der Waals surface area contributed by atoms with E-state index in [2.05, 4.69) is 53.2 Å². The SMILES string of the molecule is CCN(CC)[C@H]1CCN(Cc2ccccc2)C[C@@H]1Oc1ccc2c(c1)CN(C1CCC(=O)NC1=O)C2=O. The van der Waals surface area contributed by atoms with Gasteiger partial charge in [-0.3, -0.25) is 29.5 Å². The van der Waals surface area contributed by atoms with Crippen molar-refractivity contribution in [2.24, 2.45) is 0 Å². The van der Waals surface area contributed by atoms with E-state index in [1.165, 1.54) is 5.56 Å². The van der Waals surface area contributed by atoms with Gasteiger partial charge >= 0.3 is 0 Å². The molecule has 2 fully saturated rings. The van der Waals surface area contributed by atoms with E-state index in [0.29, 0.717) is 24.6 Å². The topological polar surface area (TPSA) is 82.2 Å². The molecular formula is C29H36N4O4. The van der Waals surface area contributed by atoms with Gasteiger partial charge in [0.25, 0.3) is 5.91 Å². The summed E-state index contributed by atoms with van der Waals surface area (Å²) < 4.78 is 6.66. The molecule has 0 aliphatic carbocycles. The Kier molecular flexibility index (Phi) is 7.58. The minimum Gasteiger partial charge on any atom is -0.487 e. The summed E-state index contributed by atoms with van der Waals surface area (Å²) in [7, 11) is 0. The molecule has 3 atom stereocenters. The number of amides is 3. The molecule has 3 aliphatic rings. The number of rotatable bonds is 8. The van der Waals surface area contributed by atoms with Gasteiger partial charge in [0.05, 0.1) is 0 Å². The number of carbonyl (C=O) groups is 3. The Bertz CT molecular complexity index is 1150. The fraction of sp³-hybridized carbons (Fsp3) is 0.483. The lowest BCUT2D eigenvalue weighted by atomic mass is 9.98. The first kappa shape index (κ1) is 25.4. The van der Waals surface area contributed by atoms with Gasteiger partial charge < -0.3 is 9.64 Å². The van der Waals surface area contributed by atoms with Crippen LogP contribution < -0.4 is 10.1 Å². The molecule has 3 aliphatic heterocycles. The van der Waals surface area contributed by atoms with Crippen molar-refractivity contribution < 1.29 is 19.1 Å². The number of hydrogen-bond acceptors (Lipinski definition) is 6. The van der Waals surface area contributed by atoms with Gasteiger partial charge in [-0.1, -0.05) is 44.2 Å². The number of carbonyl (C=O) groups excluding carboxylic acids is 3. The van der Waals surface area contributed by atoms with E-state index in [0.717, 1.165) is 50.5 Å². The van der Waals surface area contributed by atoms with Gasteiger partial charge in [-0.2, -0.15) is 0 Å². The predicted octanol–water partition coefficient (Wildman–Crippen LogP) is 2.81. The highest BCUT2D eigenvalue weighted by Crippen LogP contribution is 2.31. The van der Waals surface area contributed by atoms with Crippen LogP contribution in [0.25, 0.3) is 0 Å². The molecule has 1 unspecified atom stereocenters. The lowest BCUT2D eigenvalue weighted by Crippen LogP contribution is -2.56. The van der Waals surface area contributed by atoms with E-state index in [1.807, 2.05) is 24.3 Å². The molecule has 8 nitrogen and oxygen atoms in total. The Morgan fingerprint density at radius 3 is 2.54 bits per heavy atom. The number of ether oxygens (including phenoxy) is 1. The summed E-state index contributed by atoms with van der Waals surface area (Å²) in [6.45, 7) is 9.43. The summed E-state index contributed by atoms with van der Waals surface area (Å²) in [5.41, 5.74) is 2.77.